The van der Waals surface area contributed by atoms with Crippen molar-refractivity contribution < 1.29 is 0 Å². The van der Waals surface area contributed by atoms with Crippen LogP contribution in [0, 0.1) is 17.8 Å². The summed E-state index contributed by atoms with van der Waals surface area (Å²) in [6.45, 7) is 3.51. The molecule has 3 rings (SSSR count). The predicted molar refractivity (Wildman–Crippen MR) is 80.1 cm³/mol. The van der Waals surface area contributed by atoms with Crippen molar-refractivity contribution in [1.82, 2.24) is 9.88 Å². The van der Waals surface area contributed by atoms with Gasteiger partial charge in [-0.1, -0.05) is 19.8 Å². The van der Waals surface area contributed by atoms with E-state index in [0.717, 1.165) is 17.8 Å². The van der Waals surface area contributed by atoms with Gasteiger partial charge < -0.3 is 9.88 Å². The number of hydrogen-bond donors (Lipinski definition) is 1. The fraction of sp³-hybridized carbons (Fsp3) is 0.765. The Bertz CT molecular complexity index is 409. The Morgan fingerprint density at radius 1 is 1.37 bits per heavy atom. The number of hydrogen-bond acceptors (Lipinski definition) is 1. The Morgan fingerprint density at radius 2 is 2.26 bits per heavy atom. The van der Waals surface area contributed by atoms with E-state index in [0.29, 0.717) is 6.04 Å². The molecular formula is C17H28N2. The van der Waals surface area contributed by atoms with Gasteiger partial charge in [0.05, 0.1) is 0 Å². The SMILES string of the molecule is CCCC(NC)c1ccn(CC2CC3CCC2C3)c1. The normalized spacial score (nSPS) is 30.9. The minimum absolute atomic E-state index is 0.534. The van der Waals surface area contributed by atoms with E-state index < -0.39 is 0 Å². The molecule has 2 aliphatic rings. The molecule has 2 bridgehead atoms. The standard InChI is InChI=1S/C17H28N2/c1-3-4-17(18-2)15-7-8-19(11-15)12-16-10-13-5-6-14(16)9-13/h7-8,11,13-14,16-18H,3-6,9-10,12H2,1-2H3. The fourth-order valence-corrected chi connectivity index (χ4v) is 4.42. The van der Waals surface area contributed by atoms with Gasteiger partial charge in [-0.25, -0.2) is 0 Å². The molecule has 2 nitrogen and oxygen atoms in total. The maximum absolute atomic E-state index is 3.44. The van der Waals surface area contributed by atoms with E-state index in [2.05, 4.69) is 42.3 Å². The van der Waals surface area contributed by atoms with Crippen LogP contribution >= 0.6 is 0 Å². The molecule has 2 saturated carbocycles. The topological polar surface area (TPSA) is 17.0 Å². The van der Waals surface area contributed by atoms with Gasteiger partial charge in [0.25, 0.3) is 0 Å². The van der Waals surface area contributed by atoms with Crippen molar-refractivity contribution in [3.8, 4) is 0 Å². The Kier molecular flexibility index (Phi) is 3.97. The summed E-state index contributed by atoms with van der Waals surface area (Å²) in [6.07, 6.45) is 13.2. The largest absolute Gasteiger partial charge is 0.354 e. The predicted octanol–water partition coefficient (Wildman–Crippen LogP) is 3.98. The molecule has 0 aliphatic heterocycles. The summed E-state index contributed by atoms with van der Waals surface area (Å²) in [5, 5.41) is 3.44. The first kappa shape index (κ1) is 13.2. The van der Waals surface area contributed by atoms with Crippen LogP contribution < -0.4 is 5.32 Å². The van der Waals surface area contributed by atoms with E-state index in [1.165, 1.54) is 50.6 Å². The Balaban J connectivity index is 1.61. The quantitative estimate of drug-likeness (QED) is 0.818. The minimum Gasteiger partial charge on any atom is -0.354 e. The monoisotopic (exact) mass is 260 g/mol. The van der Waals surface area contributed by atoms with Crippen LogP contribution in [0.3, 0.4) is 0 Å². The lowest BCUT2D eigenvalue weighted by molar-refractivity contribution is 0.296. The van der Waals surface area contributed by atoms with Gasteiger partial charge in [0, 0.05) is 25.0 Å². The summed E-state index contributed by atoms with van der Waals surface area (Å²) in [5.41, 5.74) is 1.47. The zero-order valence-corrected chi connectivity index (χ0v) is 12.4. The van der Waals surface area contributed by atoms with Crippen LogP contribution in [-0.4, -0.2) is 11.6 Å². The van der Waals surface area contributed by atoms with Crippen LogP contribution in [0.15, 0.2) is 18.5 Å². The zero-order valence-electron chi connectivity index (χ0n) is 12.4. The van der Waals surface area contributed by atoms with E-state index in [1.54, 1.807) is 0 Å². The average Bonchev–Trinajstić information content (AvgIpc) is 3.12. The molecule has 4 atom stereocenters. The first-order valence-corrected chi connectivity index (χ1v) is 8.13. The van der Waals surface area contributed by atoms with Crippen LogP contribution in [0.2, 0.25) is 0 Å². The van der Waals surface area contributed by atoms with Crippen molar-refractivity contribution in [2.24, 2.45) is 17.8 Å². The van der Waals surface area contributed by atoms with Crippen molar-refractivity contribution in [2.45, 2.75) is 58.0 Å². The number of nitrogens with zero attached hydrogens (tertiary/aromatic N) is 1. The average molecular weight is 260 g/mol. The lowest BCUT2D eigenvalue weighted by Crippen LogP contribution is -2.17. The van der Waals surface area contributed by atoms with Crippen LogP contribution in [-0.2, 0) is 6.54 Å². The summed E-state index contributed by atoms with van der Waals surface area (Å²) >= 11 is 0. The first-order chi connectivity index (χ1) is 9.30. The summed E-state index contributed by atoms with van der Waals surface area (Å²) in [5.74, 6) is 3.06. The molecule has 0 amide bonds. The summed E-state index contributed by atoms with van der Waals surface area (Å²) < 4.78 is 2.45. The van der Waals surface area contributed by atoms with Crippen molar-refractivity contribution >= 4 is 0 Å². The van der Waals surface area contributed by atoms with Crippen LogP contribution in [0.4, 0.5) is 0 Å². The molecule has 1 aromatic heterocycles. The van der Waals surface area contributed by atoms with E-state index in [-0.39, 0.29) is 0 Å². The van der Waals surface area contributed by atoms with Gasteiger partial charge in [0.2, 0.25) is 0 Å². The van der Waals surface area contributed by atoms with E-state index >= 15 is 0 Å². The van der Waals surface area contributed by atoms with Gasteiger partial charge in [-0.15, -0.1) is 0 Å². The van der Waals surface area contributed by atoms with E-state index in [4.69, 9.17) is 0 Å². The highest BCUT2D eigenvalue weighted by Gasteiger charge is 2.39. The molecule has 4 unspecified atom stereocenters. The highest BCUT2D eigenvalue weighted by atomic mass is 15.0. The van der Waals surface area contributed by atoms with E-state index in [9.17, 15) is 0 Å². The summed E-state index contributed by atoms with van der Waals surface area (Å²) in [7, 11) is 2.08. The van der Waals surface area contributed by atoms with Crippen molar-refractivity contribution in [1.29, 1.82) is 0 Å². The number of fused-ring (bicyclic) bond motifs is 2. The second-order valence-electron chi connectivity index (χ2n) is 6.71. The smallest absolute Gasteiger partial charge is 0.0332 e. The van der Waals surface area contributed by atoms with Gasteiger partial charge in [-0.2, -0.15) is 0 Å². The Morgan fingerprint density at radius 3 is 2.89 bits per heavy atom. The van der Waals surface area contributed by atoms with Crippen molar-refractivity contribution in [3.05, 3.63) is 24.0 Å². The maximum atomic E-state index is 3.44. The molecule has 19 heavy (non-hydrogen) atoms. The molecule has 106 valence electrons. The molecule has 2 heteroatoms. The first-order valence-electron chi connectivity index (χ1n) is 8.13. The van der Waals surface area contributed by atoms with Gasteiger partial charge in [-0.3, -0.25) is 0 Å². The van der Waals surface area contributed by atoms with Crippen LogP contribution in [0.25, 0.3) is 0 Å². The minimum atomic E-state index is 0.534. The second-order valence-corrected chi connectivity index (χ2v) is 6.71. The molecule has 0 saturated heterocycles. The second kappa shape index (κ2) is 5.70. The molecule has 0 aromatic carbocycles. The number of nitrogens with one attached hydrogen (secondary N) is 1. The molecule has 0 radical (unpaired) electrons. The molecule has 1 heterocycles. The van der Waals surface area contributed by atoms with Gasteiger partial charge >= 0.3 is 0 Å². The molecular weight excluding hydrogens is 232 g/mol. The van der Waals surface area contributed by atoms with Crippen molar-refractivity contribution in [2.75, 3.05) is 7.05 Å². The highest BCUT2D eigenvalue weighted by molar-refractivity contribution is 5.15. The van der Waals surface area contributed by atoms with Gasteiger partial charge in [0.15, 0.2) is 0 Å². The number of rotatable bonds is 6. The van der Waals surface area contributed by atoms with Gasteiger partial charge in [-0.05, 0) is 62.1 Å². The third kappa shape index (κ3) is 2.74. The molecule has 1 N–H and O–H groups in total. The molecule has 1 aromatic rings. The molecule has 2 fully saturated rings. The third-order valence-electron chi connectivity index (χ3n) is 5.43. The lowest BCUT2D eigenvalue weighted by atomic mass is 9.89. The van der Waals surface area contributed by atoms with E-state index in [1.807, 2.05) is 0 Å². The summed E-state index contributed by atoms with van der Waals surface area (Å²) in [4.78, 5) is 0. The zero-order chi connectivity index (χ0) is 13.2. The van der Waals surface area contributed by atoms with Crippen LogP contribution in [0.1, 0.15) is 57.1 Å². The van der Waals surface area contributed by atoms with Crippen molar-refractivity contribution in [3.63, 3.8) is 0 Å². The molecule has 2 aliphatic carbocycles. The Labute approximate surface area is 117 Å². The van der Waals surface area contributed by atoms with Gasteiger partial charge in [0.1, 0.15) is 0 Å². The van der Waals surface area contributed by atoms with Crippen LogP contribution in [0.5, 0.6) is 0 Å². The fourth-order valence-electron chi connectivity index (χ4n) is 4.42. The Hall–Kier alpha value is -0.760. The maximum Gasteiger partial charge on any atom is 0.0332 e. The third-order valence-corrected chi connectivity index (χ3v) is 5.43. The molecule has 0 spiro atoms. The highest BCUT2D eigenvalue weighted by Crippen LogP contribution is 2.48. The number of aromatic nitrogens is 1. The summed E-state index contributed by atoms with van der Waals surface area (Å²) in [6, 6.07) is 2.84. The lowest BCUT2D eigenvalue weighted by Gasteiger charge is -2.22.